The first kappa shape index (κ1) is 13.0. The van der Waals surface area contributed by atoms with Crippen LogP contribution < -0.4 is 9.64 Å². The first-order valence-electron chi connectivity index (χ1n) is 5.48. The Morgan fingerprint density at radius 3 is 3.11 bits per heavy atom. The Bertz CT molecular complexity index is 545. The van der Waals surface area contributed by atoms with Crippen LogP contribution >= 0.6 is 0 Å². The molecule has 1 atom stereocenters. The summed E-state index contributed by atoms with van der Waals surface area (Å²) in [6.07, 6.45) is -1.11. The molecule has 0 saturated carbocycles. The Morgan fingerprint density at radius 1 is 1.68 bits per heavy atom. The maximum Gasteiger partial charge on any atom is 0.414 e. The van der Waals surface area contributed by atoms with E-state index in [0.29, 0.717) is 5.69 Å². The number of nitrogens with zero attached hydrogens (tertiary/aromatic N) is 4. The van der Waals surface area contributed by atoms with E-state index >= 15 is 0 Å². The molecule has 1 aliphatic heterocycles. The highest BCUT2D eigenvalue weighted by atomic mass is 19.1. The van der Waals surface area contributed by atoms with Gasteiger partial charge in [-0.15, -0.1) is 0 Å². The molecule has 0 aliphatic carbocycles. The Labute approximate surface area is 108 Å². The zero-order valence-corrected chi connectivity index (χ0v) is 10.1. The zero-order chi connectivity index (χ0) is 13.8. The standard InChI is InChI=1S/C11H11FN4O3/c1-18-10-3-2-7(4-9(10)12)16-6-8(5-14-15-13)19-11(16)17/h2-4,8H,5-6H2,1H3/t8-/m0/s1. The second-order valence-electron chi connectivity index (χ2n) is 3.85. The number of hydrogen-bond acceptors (Lipinski definition) is 4. The number of carbonyl (C=O) groups excluding carboxylic acids is 1. The first-order valence-corrected chi connectivity index (χ1v) is 5.48. The van der Waals surface area contributed by atoms with Gasteiger partial charge in [0.05, 0.1) is 25.9 Å². The van der Waals surface area contributed by atoms with Gasteiger partial charge in [-0.05, 0) is 17.7 Å². The number of anilines is 1. The quantitative estimate of drug-likeness (QED) is 0.476. The molecule has 1 aliphatic rings. The topological polar surface area (TPSA) is 87.5 Å². The molecule has 19 heavy (non-hydrogen) atoms. The van der Waals surface area contributed by atoms with E-state index in [1.807, 2.05) is 0 Å². The van der Waals surface area contributed by atoms with Crippen LogP contribution in [0, 0.1) is 5.82 Å². The number of cyclic esters (lactones) is 1. The van der Waals surface area contributed by atoms with E-state index in [0.717, 1.165) is 0 Å². The average molecular weight is 266 g/mol. The number of halogens is 1. The van der Waals surface area contributed by atoms with Gasteiger partial charge in [-0.25, -0.2) is 9.18 Å². The van der Waals surface area contributed by atoms with Crippen molar-refractivity contribution >= 4 is 11.8 Å². The number of amides is 1. The molecule has 0 N–H and O–H groups in total. The molecule has 1 aromatic carbocycles. The number of benzene rings is 1. The van der Waals surface area contributed by atoms with Crippen LogP contribution in [0.1, 0.15) is 0 Å². The molecule has 1 heterocycles. The van der Waals surface area contributed by atoms with Gasteiger partial charge >= 0.3 is 6.09 Å². The fourth-order valence-electron chi connectivity index (χ4n) is 1.78. The van der Waals surface area contributed by atoms with Gasteiger partial charge in [0.1, 0.15) is 6.10 Å². The van der Waals surface area contributed by atoms with Crippen LogP contribution in [0.3, 0.4) is 0 Å². The molecule has 100 valence electrons. The van der Waals surface area contributed by atoms with Crippen LogP contribution in [0.2, 0.25) is 0 Å². The molecule has 1 saturated heterocycles. The van der Waals surface area contributed by atoms with Crippen molar-refractivity contribution in [3.8, 4) is 5.75 Å². The smallest absolute Gasteiger partial charge is 0.414 e. The summed E-state index contributed by atoms with van der Waals surface area (Å²) < 4.78 is 23.4. The fourth-order valence-corrected chi connectivity index (χ4v) is 1.78. The normalized spacial score (nSPS) is 17.9. The Hall–Kier alpha value is -2.47. The van der Waals surface area contributed by atoms with Gasteiger partial charge in [0.15, 0.2) is 11.6 Å². The van der Waals surface area contributed by atoms with E-state index in [1.165, 1.54) is 24.1 Å². The van der Waals surface area contributed by atoms with Crippen LogP contribution in [-0.2, 0) is 4.74 Å². The lowest BCUT2D eigenvalue weighted by Crippen LogP contribution is -2.25. The van der Waals surface area contributed by atoms with Crippen molar-refractivity contribution in [2.75, 3.05) is 25.1 Å². The van der Waals surface area contributed by atoms with Crippen LogP contribution in [0.25, 0.3) is 10.4 Å². The highest BCUT2D eigenvalue weighted by Crippen LogP contribution is 2.26. The van der Waals surface area contributed by atoms with Gasteiger partial charge in [-0.2, -0.15) is 0 Å². The third-order valence-electron chi connectivity index (χ3n) is 2.67. The van der Waals surface area contributed by atoms with E-state index < -0.39 is 18.0 Å². The van der Waals surface area contributed by atoms with E-state index in [9.17, 15) is 9.18 Å². The Balaban J connectivity index is 2.16. The van der Waals surface area contributed by atoms with Gasteiger partial charge in [0.2, 0.25) is 0 Å². The maximum atomic E-state index is 13.6. The summed E-state index contributed by atoms with van der Waals surface area (Å²) in [5.74, 6) is -0.465. The predicted molar refractivity (Wildman–Crippen MR) is 64.6 cm³/mol. The maximum absolute atomic E-state index is 13.6. The highest BCUT2D eigenvalue weighted by Gasteiger charge is 2.32. The minimum Gasteiger partial charge on any atom is -0.494 e. The Morgan fingerprint density at radius 2 is 2.47 bits per heavy atom. The summed E-state index contributed by atoms with van der Waals surface area (Å²) in [5, 5.41) is 3.34. The largest absolute Gasteiger partial charge is 0.494 e. The van der Waals surface area contributed by atoms with Gasteiger partial charge in [-0.3, -0.25) is 4.90 Å². The lowest BCUT2D eigenvalue weighted by molar-refractivity contribution is 0.145. The molecule has 1 amide bonds. The molecule has 0 radical (unpaired) electrons. The molecule has 0 aromatic heterocycles. The molecule has 0 unspecified atom stereocenters. The van der Waals surface area contributed by atoms with Crippen LogP contribution in [0.4, 0.5) is 14.9 Å². The summed E-state index contributed by atoms with van der Waals surface area (Å²) in [5.41, 5.74) is 8.58. The molecule has 1 fully saturated rings. The fraction of sp³-hybridized carbons (Fsp3) is 0.364. The second kappa shape index (κ2) is 5.45. The van der Waals surface area contributed by atoms with Crippen molar-refractivity contribution < 1.29 is 18.7 Å². The van der Waals surface area contributed by atoms with E-state index in [2.05, 4.69) is 10.0 Å². The minimum atomic E-state index is -0.595. The number of rotatable bonds is 4. The van der Waals surface area contributed by atoms with Crippen molar-refractivity contribution in [3.63, 3.8) is 0 Å². The molecule has 2 rings (SSSR count). The Kier molecular flexibility index (Phi) is 3.72. The average Bonchev–Trinajstić information content (AvgIpc) is 2.77. The summed E-state index contributed by atoms with van der Waals surface area (Å²) in [4.78, 5) is 15.5. The second-order valence-corrected chi connectivity index (χ2v) is 3.85. The summed E-state index contributed by atoms with van der Waals surface area (Å²) in [7, 11) is 1.36. The van der Waals surface area contributed by atoms with E-state index in [1.54, 1.807) is 6.07 Å². The lowest BCUT2D eigenvalue weighted by Gasteiger charge is -2.13. The minimum absolute atomic E-state index is 0.0530. The SMILES string of the molecule is COc1ccc(N2C[C@H](CN=[N+]=[N-])OC2=O)cc1F. The molecular formula is C11H11FN4O3. The monoisotopic (exact) mass is 266 g/mol. The molecule has 0 bridgehead atoms. The van der Waals surface area contributed by atoms with Crippen molar-refractivity contribution in [2.45, 2.75) is 6.10 Å². The third kappa shape index (κ3) is 2.69. The molecule has 7 nitrogen and oxygen atoms in total. The summed E-state index contributed by atoms with van der Waals surface area (Å²) in [6.45, 7) is 0.265. The highest BCUT2D eigenvalue weighted by molar-refractivity contribution is 5.89. The summed E-state index contributed by atoms with van der Waals surface area (Å²) in [6, 6.07) is 4.17. The van der Waals surface area contributed by atoms with Gasteiger partial charge in [-0.1, -0.05) is 5.11 Å². The predicted octanol–water partition coefficient (Wildman–Crippen LogP) is 2.47. The number of ether oxygens (including phenoxy) is 2. The molecule has 0 spiro atoms. The lowest BCUT2D eigenvalue weighted by atomic mass is 10.2. The van der Waals surface area contributed by atoms with Crippen LogP contribution in [0.15, 0.2) is 23.3 Å². The number of carbonyl (C=O) groups is 1. The van der Waals surface area contributed by atoms with Crippen LogP contribution in [0.5, 0.6) is 5.75 Å². The van der Waals surface area contributed by atoms with E-state index in [-0.39, 0.29) is 18.8 Å². The van der Waals surface area contributed by atoms with E-state index in [4.69, 9.17) is 15.0 Å². The van der Waals surface area contributed by atoms with Crippen molar-refractivity contribution in [2.24, 2.45) is 5.11 Å². The molecule has 1 aromatic rings. The zero-order valence-electron chi connectivity index (χ0n) is 10.1. The number of methoxy groups -OCH3 is 1. The van der Waals surface area contributed by atoms with Crippen molar-refractivity contribution in [3.05, 3.63) is 34.5 Å². The van der Waals surface area contributed by atoms with Crippen molar-refractivity contribution in [1.29, 1.82) is 0 Å². The summed E-state index contributed by atoms with van der Waals surface area (Å²) >= 11 is 0. The first-order chi connectivity index (χ1) is 9.15. The third-order valence-corrected chi connectivity index (χ3v) is 2.67. The molecular weight excluding hydrogens is 255 g/mol. The number of azide groups is 1. The van der Waals surface area contributed by atoms with Gasteiger partial charge in [0.25, 0.3) is 0 Å². The van der Waals surface area contributed by atoms with Crippen molar-refractivity contribution in [1.82, 2.24) is 0 Å². The molecule has 8 heteroatoms. The van der Waals surface area contributed by atoms with Gasteiger partial charge in [0, 0.05) is 11.0 Å². The van der Waals surface area contributed by atoms with Gasteiger partial charge < -0.3 is 9.47 Å². The van der Waals surface area contributed by atoms with Crippen LogP contribution in [-0.4, -0.2) is 32.4 Å². The number of hydrogen-bond donors (Lipinski definition) is 0.